The van der Waals surface area contributed by atoms with Crippen LogP contribution < -0.4 is 0 Å². The van der Waals surface area contributed by atoms with Crippen molar-refractivity contribution in [3.8, 4) is 17.2 Å². The number of aliphatic hydroxyl groups is 3. The van der Waals surface area contributed by atoms with Crippen molar-refractivity contribution in [3.05, 3.63) is 17.7 Å². The third-order valence-electron chi connectivity index (χ3n) is 3.18. The van der Waals surface area contributed by atoms with Crippen LogP contribution in [0.5, 0.6) is 17.2 Å². The molecule has 0 aliphatic heterocycles. The lowest BCUT2D eigenvalue weighted by atomic mass is 10.0. The van der Waals surface area contributed by atoms with Crippen LogP contribution in [0.2, 0.25) is 0 Å². The number of aliphatic hydroxyl groups excluding tert-OH is 3. The molecule has 0 heterocycles. The largest absolute Gasteiger partial charge is 0.504 e. The Morgan fingerprint density at radius 2 is 1.44 bits per heavy atom. The number of hydrogen-bond donors (Lipinski definition) is 7. The highest BCUT2D eigenvalue weighted by atomic mass is 16.6. The van der Waals surface area contributed by atoms with Crippen LogP contribution >= 0.6 is 0 Å². The highest BCUT2D eigenvalue weighted by molar-refractivity contribution is 5.93. The van der Waals surface area contributed by atoms with Crippen molar-refractivity contribution in [1.29, 1.82) is 0 Å². The first kappa shape index (κ1) is 20.2. The number of ketones is 1. The Morgan fingerprint density at radius 1 is 0.960 bits per heavy atom. The van der Waals surface area contributed by atoms with Gasteiger partial charge >= 0.3 is 11.9 Å². The summed E-state index contributed by atoms with van der Waals surface area (Å²) < 4.78 is 4.65. The standard InChI is InChI=1S/C14H16O11/c1-4(15)12(10(20)9(19)11(21)13(22)23)25-14(24)5-2-6(16)8(18)7(17)3-5/h2-3,9-12,16-21H,1H3,(H,22,23). The molecule has 0 bridgehead atoms. The van der Waals surface area contributed by atoms with E-state index in [2.05, 4.69) is 4.74 Å². The van der Waals surface area contributed by atoms with Gasteiger partial charge in [0, 0.05) is 0 Å². The number of carboxylic acids is 1. The van der Waals surface area contributed by atoms with E-state index in [1.165, 1.54) is 0 Å². The molecule has 11 nitrogen and oxygen atoms in total. The maximum absolute atomic E-state index is 12.0. The number of aromatic hydroxyl groups is 3. The molecule has 25 heavy (non-hydrogen) atoms. The normalized spacial score (nSPS) is 15.7. The first-order valence-electron chi connectivity index (χ1n) is 6.70. The van der Waals surface area contributed by atoms with Crippen molar-refractivity contribution in [2.24, 2.45) is 0 Å². The second kappa shape index (κ2) is 7.79. The first-order valence-corrected chi connectivity index (χ1v) is 6.70. The van der Waals surface area contributed by atoms with E-state index in [4.69, 9.17) is 5.11 Å². The average molecular weight is 360 g/mol. The molecule has 0 aliphatic carbocycles. The number of ether oxygens (including phenoxy) is 1. The molecule has 0 saturated carbocycles. The van der Waals surface area contributed by atoms with E-state index in [9.17, 15) is 45.0 Å². The van der Waals surface area contributed by atoms with Crippen LogP contribution in [-0.2, 0) is 14.3 Å². The fraction of sp³-hybridized carbons (Fsp3) is 0.357. The van der Waals surface area contributed by atoms with Gasteiger partial charge < -0.3 is 40.5 Å². The number of phenolic OH excluding ortho intramolecular Hbond substituents is 3. The summed E-state index contributed by atoms with van der Waals surface area (Å²) in [6.45, 7) is 0.868. The number of carboxylic acid groups (broad SMARTS) is 1. The van der Waals surface area contributed by atoms with E-state index in [1.807, 2.05) is 0 Å². The summed E-state index contributed by atoms with van der Waals surface area (Å²) >= 11 is 0. The lowest BCUT2D eigenvalue weighted by Gasteiger charge is -2.26. The summed E-state index contributed by atoms with van der Waals surface area (Å²) in [5.74, 6) is -6.85. The zero-order chi connectivity index (χ0) is 19.5. The molecule has 0 spiro atoms. The number of carbonyl (C=O) groups is 3. The molecule has 4 unspecified atom stereocenters. The molecule has 138 valence electrons. The van der Waals surface area contributed by atoms with Gasteiger partial charge in [-0.1, -0.05) is 0 Å². The lowest BCUT2D eigenvalue weighted by Crippen LogP contribution is -2.51. The quantitative estimate of drug-likeness (QED) is 0.211. The van der Waals surface area contributed by atoms with Gasteiger partial charge in [0.15, 0.2) is 35.2 Å². The molecule has 11 heteroatoms. The summed E-state index contributed by atoms with van der Waals surface area (Å²) in [7, 11) is 0. The zero-order valence-electron chi connectivity index (χ0n) is 12.7. The van der Waals surface area contributed by atoms with Crippen molar-refractivity contribution in [2.45, 2.75) is 31.3 Å². The van der Waals surface area contributed by atoms with Gasteiger partial charge in [0.25, 0.3) is 0 Å². The van der Waals surface area contributed by atoms with Crippen LogP contribution in [-0.4, -0.2) is 77.9 Å². The van der Waals surface area contributed by atoms with Gasteiger partial charge in [-0.25, -0.2) is 9.59 Å². The van der Waals surface area contributed by atoms with Crippen LogP contribution in [0.25, 0.3) is 0 Å². The summed E-state index contributed by atoms with van der Waals surface area (Å²) in [5.41, 5.74) is -0.514. The Hall–Kier alpha value is -2.89. The third kappa shape index (κ3) is 4.56. The SMILES string of the molecule is CC(=O)C(OC(=O)c1cc(O)c(O)c(O)c1)C(O)C(O)C(O)C(=O)O. The number of Topliss-reactive ketones (excluding diaryl/α,β-unsaturated/α-hetero) is 1. The van der Waals surface area contributed by atoms with Crippen molar-refractivity contribution < 1.29 is 54.9 Å². The molecule has 1 rings (SSSR count). The first-order chi connectivity index (χ1) is 11.5. The number of benzene rings is 1. The lowest BCUT2D eigenvalue weighted by molar-refractivity contribution is -0.165. The summed E-state index contributed by atoms with van der Waals surface area (Å²) in [6, 6.07) is 1.40. The predicted octanol–water partition coefficient (Wildman–Crippen LogP) is -1.91. The Morgan fingerprint density at radius 3 is 1.84 bits per heavy atom. The zero-order valence-corrected chi connectivity index (χ0v) is 12.7. The van der Waals surface area contributed by atoms with Gasteiger partial charge in [0.05, 0.1) is 5.56 Å². The van der Waals surface area contributed by atoms with E-state index in [0.717, 1.165) is 6.92 Å². The van der Waals surface area contributed by atoms with Crippen LogP contribution in [0, 0.1) is 0 Å². The monoisotopic (exact) mass is 360 g/mol. The fourth-order valence-electron chi connectivity index (χ4n) is 1.81. The highest BCUT2D eigenvalue weighted by Crippen LogP contribution is 2.35. The maximum atomic E-state index is 12.0. The topological polar surface area (TPSA) is 202 Å². The van der Waals surface area contributed by atoms with Crippen molar-refractivity contribution >= 4 is 17.7 Å². The van der Waals surface area contributed by atoms with Gasteiger partial charge in [0.1, 0.15) is 12.2 Å². The highest BCUT2D eigenvalue weighted by Gasteiger charge is 2.39. The van der Waals surface area contributed by atoms with Crippen LogP contribution in [0.1, 0.15) is 17.3 Å². The second-order valence-corrected chi connectivity index (χ2v) is 5.06. The fourth-order valence-corrected chi connectivity index (χ4v) is 1.81. The van der Waals surface area contributed by atoms with Crippen LogP contribution in [0.4, 0.5) is 0 Å². The molecule has 1 aromatic rings. The number of phenols is 3. The number of aliphatic carboxylic acids is 1. The Labute approximate surface area is 140 Å². The minimum Gasteiger partial charge on any atom is -0.504 e. The Kier molecular flexibility index (Phi) is 6.28. The summed E-state index contributed by atoms with van der Waals surface area (Å²) in [4.78, 5) is 34.1. The molecule has 0 saturated heterocycles. The van der Waals surface area contributed by atoms with Crippen molar-refractivity contribution in [1.82, 2.24) is 0 Å². The average Bonchev–Trinajstić information content (AvgIpc) is 2.54. The molecule has 7 N–H and O–H groups in total. The van der Waals surface area contributed by atoms with Crippen LogP contribution in [0.3, 0.4) is 0 Å². The summed E-state index contributed by atoms with van der Waals surface area (Å²) in [6.07, 6.45) is -9.11. The van der Waals surface area contributed by atoms with Gasteiger partial charge in [-0.3, -0.25) is 4.79 Å². The Bertz CT molecular complexity index is 660. The van der Waals surface area contributed by atoms with Gasteiger partial charge in [-0.05, 0) is 19.1 Å². The molecule has 4 atom stereocenters. The summed E-state index contributed by atoms with van der Waals surface area (Å²) in [5, 5.41) is 65.0. The molecule has 0 aromatic heterocycles. The van der Waals surface area contributed by atoms with Gasteiger partial charge in [-0.15, -0.1) is 0 Å². The molecule has 0 aliphatic rings. The number of esters is 1. The van der Waals surface area contributed by atoms with Crippen molar-refractivity contribution in [2.75, 3.05) is 0 Å². The van der Waals surface area contributed by atoms with Gasteiger partial charge in [-0.2, -0.15) is 0 Å². The predicted molar refractivity (Wildman–Crippen MR) is 77.0 cm³/mol. The third-order valence-corrected chi connectivity index (χ3v) is 3.18. The van der Waals surface area contributed by atoms with Crippen LogP contribution in [0.15, 0.2) is 12.1 Å². The number of hydrogen-bond acceptors (Lipinski definition) is 10. The van der Waals surface area contributed by atoms with E-state index in [0.29, 0.717) is 12.1 Å². The molecule has 0 amide bonds. The number of carbonyl (C=O) groups excluding carboxylic acids is 2. The van der Waals surface area contributed by atoms with E-state index in [1.54, 1.807) is 0 Å². The molecular weight excluding hydrogens is 344 g/mol. The second-order valence-electron chi connectivity index (χ2n) is 5.06. The minimum atomic E-state index is -2.45. The van der Waals surface area contributed by atoms with Crippen molar-refractivity contribution in [3.63, 3.8) is 0 Å². The van der Waals surface area contributed by atoms with E-state index >= 15 is 0 Å². The minimum absolute atomic E-state index is 0.514. The maximum Gasteiger partial charge on any atom is 0.339 e. The molecular formula is C14H16O11. The molecule has 1 aromatic carbocycles. The Balaban J connectivity index is 3.04. The smallest absolute Gasteiger partial charge is 0.339 e. The van der Waals surface area contributed by atoms with Gasteiger partial charge in [0.2, 0.25) is 0 Å². The van der Waals surface area contributed by atoms with E-state index in [-0.39, 0.29) is 0 Å². The molecule has 0 radical (unpaired) electrons. The molecule has 0 fully saturated rings. The number of rotatable bonds is 7. The van der Waals surface area contributed by atoms with E-state index < -0.39 is 64.9 Å².